The predicted molar refractivity (Wildman–Crippen MR) is 76.5 cm³/mol. The zero-order valence-corrected chi connectivity index (χ0v) is 11.0. The fourth-order valence-electron chi connectivity index (χ4n) is 1.31. The van der Waals surface area contributed by atoms with Gasteiger partial charge in [-0.05, 0) is 29.9 Å². The van der Waals surface area contributed by atoms with Gasteiger partial charge in [0.25, 0.3) is 0 Å². The molecule has 0 atom stereocenters. The Hall–Kier alpha value is -1.72. The van der Waals surface area contributed by atoms with Gasteiger partial charge in [0.05, 0.1) is 6.20 Å². The molecule has 2 N–H and O–H groups in total. The smallest absolute Gasteiger partial charge is 0.172 e. The Kier molecular flexibility index (Phi) is 4.44. The first-order valence-corrected chi connectivity index (χ1v) is 6.08. The molecule has 0 unspecified atom stereocenters. The van der Waals surface area contributed by atoms with E-state index in [1.165, 1.54) is 0 Å². The summed E-state index contributed by atoms with van der Waals surface area (Å²) in [4.78, 5) is 8.01. The molecule has 0 radical (unpaired) electrons. The highest BCUT2D eigenvalue weighted by atomic mass is 35.5. The number of hydrogen-bond donors (Lipinski definition) is 2. The molecular formula is C12H11ClN4S. The number of nitrogens with one attached hydrogen (secondary N) is 2. The van der Waals surface area contributed by atoms with E-state index in [-0.39, 0.29) is 0 Å². The quantitative estimate of drug-likeness (QED) is 0.846. The molecule has 1 aromatic heterocycles. The topological polar surface area (TPSA) is 49.8 Å². The third kappa shape index (κ3) is 3.94. The molecule has 0 fully saturated rings. The average Bonchev–Trinajstić information content (AvgIpc) is 2.39. The maximum atomic E-state index is 5.81. The number of anilines is 1. The Labute approximate surface area is 115 Å². The molecule has 18 heavy (non-hydrogen) atoms. The lowest BCUT2D eigenvalue weighted by molar-refractivity contribution is 0.924. The second kappa shape index (κ2) is 6.28. The van der Waals surface area contributed by atoms with Gasteiger partial charge in [0.1, 0.15) is 0 Å². The monoisotopic (exact) mass is 278 g/mol. The lowest BCUT2D eigenvalue weighted by Gasteiger charge is -2.09. The minimum absolute atomic E-state index is 0.505. The second-order valence-electron chi connectivity index (χ2n) is 3.52. The molecule has 0 saturated heterocycles. The Morgan fingerprint density at radius 2 is 2.00 bits per heavy atom. The zero-order chi connectivity index (χ0) is 12.8. The number of thiocarbonyl (C=S) groups is 1. The van der Waals surface area contributed by atoms with Crippen LogP contribution in [0.5, 0.6) is 0 Å². The van der Waals surface area contributed by atoms with Crippen molar-refractivity contribution >= 4 is 34.7 Å². The summed E-state index contributed by atoms with van der Waals surface area (Å²) in [5.41, 5.74) is 1.10. The van der Waals surface area contributed by atoms with Crippen molar-refractivity contribution in [2.24, 2.45) is 0 Å². The van der Waals surface area contributed by atoms with E-state index in [0.717, 1.165) is 10.6 Å². The van der Waals surface area contributed by atoms with Crippen LogP contribution in [0.15, 0.2) is 42.9 Å². The molecule has 0 aliphatic carbocycles. The number of aromatic nitrogens is 2. The van der Waals surface area contributed by atoms with Crippen LogP contribution in [0, 0.1) is 0 Å². The molecule has 0 spiro atoms. The largest absolute Gasteiger partial charge is 0.358 e. The van der Waals surface area contributed by atoms with E-state index in [1.807, 2.05) is 24.3 Å². The van der Waals surface area contributed by atoms with Crippen LogP contribution in [0.1, 0.15) is 5.56 Å². The van der Waals surface area contributed by atoms with Gasteiger partial charge in [-0.2, -0.15) is 0 Å². The van der Waals surface area contributed by atoms with Gasteiger partial charge in [-0.25, -0.2) is 4.98 Å². The van der Waals surface area contributed by atoms with Crippen LogP contribution in [-0.4, -0.2) is 15.1 Å². The summed E-state index contributed by atoms with van der Waals surface area (Å²) in [5, 5.41) is 7.25. The molecule has 0 aliphatic heterocycles. The minimum atomic E-state index is 0.505. The first kappa shape index (κ1) is 12.7. The Morgan fingerprint density at radius 1 is 1.22 bits per heavy atom. The Bertz CT molecular complexity index is 515. The van der Waals surface area contributed by atoms with E-state index in [4.69, 9.17) is 23.8 Å². The van der Waals surface area contributed by atoms with Crippen LogP contribution in [0.4, 0.5) is 5.82 Å². The van der Waals surface area contributed by atoms with Gasteiger partial charge in [-0.1, -0.05) is 23.7 Å². The van der Waals surface area contributed by atoms with Crippen LogP contribution < -0.4 is 10.6 Å². The SMILES string of the molecule is S=C(NCc1ccc(Cl)cc1)Nc1cnccn1. The van der Waals surface area contributed by atoms with Crippen LogP contribution in [0.25, 0.3) is 0 Å². The first-order chi connectivity index (χ1) is 8.74. The number of hydrogen-bond acceptors (Lipinski definition) is 3. The zero-order valence-electron chi connectivity index (χ0n) is 9.43. The van der Waals surface area contributed by atoms with Crippen LogP contribution in [-0.2, 0) is 6.54 Å². The lowest BCUT2D eigenvalue weighted by Crippen LogP contribution is -2.28. The summed E-state index contributed by atoms with van der Waals surface area (Å²) >= 11 is 11.0. The molecule has 4 nitrogen and oxygen atoms in total. The average molecular weight is 279 g/mol. The lowest BCUT2D eigenvalue weighted by atomic mass is 10.2. The Morgan fingerprint density at radius 3 is 2.67 bits per heavy atom. The van der Waals surface area contributed by atoms with Crippen molar-refractivity contribution in [3.63, 3.8) is 0 Å². The normalized spacial score (nSPS) is 9.83. The molecule has 0 aliphatic rings. The summed E-state index contributed by atoms with van der Waals surface area (Å²) in [5.74, 6) is 0.617. The third-order valence-corrected chi connectivity index (χ3v) is 2.67. The fourth-order valence-corrected chi connectivity index (χ4v) is 1.61. The predicted octanol–water partition coefficient (Wildman–Crippen LogP) is 2.62. The van der Waals surface area contributed by atoms with Crippen molar-refractivity contribution in [1.82, 2.24) is 15.3 Å². The van der Waals surface area contributed by atoms with Crippen molar-refractivity contribution in [3.8, 4) is 0 Å². The van der Waals surface area contributed by atoms with Gasteiger partial charge in [0.2, 0.25) is 0 Å². The highest BCUT2D eigenvalue weighted by molar-refractivity contribution is 7.80. The van der Waals surface area contributed by atoms with E-state index in [2.05, 4.69) is 20.6 Å². The third-order valence-electron chi connectivity index (χ3n) is 2.17. The highest BCUT2D eigenvalue weighted by Gasteiger charge is 1.98. The van der Waals surface area contributed by atoms with E-state index in [9.17, 15) is 0 Å². The molecule has 2 aromatic rings. The highest BCUT2D eigenvalue weighted by Crippen LogP contribution is 2.09. The maximum Gasteiger partial charge on any atom is 0.172 e. The van der Waals surface area contributed by atoms with E-state index in [1.54, 1.807) is 18.6 Å². The van der Waals surface area contributed by atoms with Gasteiger partial charge in [0.15, 0.2) is 10.9 Å². The van der Waals surface area contributed by atoms with E-state index < -0.39 is 0 Å². The summed E-state index contributed by atoms with van der Waals surface area (Å²) in [6.45, 7) is 0.628. The van der Waals surface area contributed by atoms with Crippen LogP contribution in [0.2, 0.25) is 5.02 Å². The first-order valence-electron chi connectivity index (χ1n) is 5.29. The summed E-state index contributed by atoms with van der Waals surface area (Å²) in [7, 11) is 0. The minimum Gasteiger partial charge on any atom is -0.358 e. The van der Waals surface area contributed by atoms with Crippen molar-refractivity contribution in [3.05, 3.63) is 53.4 Å². The summed E-state index contributed by atoms with van der Waals surface area (Å²) in [6, 6.07) is 7.58. The van der Waals surface area contributed by atoms with E-state index in [0.29, 0.717) is 17.5 Å². The molecule has 1 aromatic carbocycles. The van der Waals surface area contributed by atoms with Crippen molar-refractivity contribution in [2.45, 2.75) is 6.54 Å². The number of nitrogens with zero attached hydrogens (tertiary/aromatic N) is 2. The molecule has 1 heterocycles. The summed E-state index contributed by atoms with van der Waals surface area (Å²) < 4.78 is 0. The molecule has 6 heteroatoms. The van der Waals surface area contributed by atoms with Crippen molar-refractivity contribution < 1.29 is 0 Å². The van der Waals surface area contributed by atoms with Gasteiger partial charge in [0, 0.05) is 24.0 Å². The second-order valence-corrected chi connectivity index (χ2v) is 4.37. The molecule has 92 valence electrons. The van der Waals surface area contributed by atoms with Gasteiger partial charge in [-0.15, -0.1) is 0 Å². The number of rotatable bonds is 3. The van der Waals surface area contributed by atoms with Gasteiger partial charge in [-0.3, -0.25) is 4.98 Å². The fraction of sp³-hybridized carbons (Fsp3) is 0.0833. The molecule has 0 saturated carbocycles. The van der Waals surface area contributed by atoms with Crippen LogP contribution >= 0.6 is 23.8 Å². The maximum absolute atomic E-state index is 5.81. The van der Waals surface area contributed by atoms with Crippen LogP contribution in [0.3, 0.4) is 0 Å². The number of benzene rings is 1. The molecule has 0 amide bonds. The molecule has 2 rings (SSSR count). The van der Waals surface area contributed by atoms with Crippen molar-refractivity contribution in [1.29, 1.82) is 0 Å². The summed E-state index contributed by atoms with van der Waals surface area (Å²) in [6.07, 6.45) is 4.82. The van der Waals surface area contributed by atoms with Gasteiger partial charge >= 0.3 is 0 Å². The molecular weight excluding hydrogens is 268 g/mol. The van der Waals surface area contributed by atoms with Crippen molar-refractivity contribution in [2.75, 3.05) is 5.32 Å². The Balaban J connectivity index is 1.83. The molecule has 0 bridgehead atoms. The number of halogens is 1. The van der Waals surface area contributed by atoms with Gasteiger partial charge < -0.3 is 10.6 Å². The standard InChI is InChI=1S/C12H11ClN4S/c13-10-3-1-9(2-4-10)7-16-12(18)17-11-8-14-5-6-15-11/h1-6,8H,7H2,(H2,15,16,17,18). The van der Waals surface area contributed by atoms with E-state index >= 15 is 0 Å².